The SMILES string of the molecule is CCNC(=NCc1cc(C#N)ccc1F)NC(C)Cc1ccc(C)s1. The monoisotopic (exact) mass is 358 g/mol. The van der Waals surface area contributed by atoms with E-state index >= 15 is 0 Å². The van der Waals surface area contributed by atoms with Crippen molar-refractivity contribution >= 4 is 17.3 Å². The minimum absolute atomic E-state index is 0.182. The van der Waals surface area contributed by atoms with E-state index < -0.39 is 0 Å². The summed E-state index contributed by atoms with van der Waals surface area (Å²) in [6.07, 6.45) is 0.904. The molecule has 0 spiro atoms. The van der Waals surface area contributed by atoms with Gasteiger partial charge in [0.25, 0.3) is 0 Å². The number of rotatable bonds is 6. The van der Waals surface area contributed by atoms with Crippen LogP contribution in [0.3, 0.4) is 0 Å². The lowest BCUT2D eigenvalue weighted by Crippen LogP contribution is -2.43. The Hall–Kier alpha value is -2.39. The molecule has 0 radical (unpaired) electrons. The van der Waals surface area contributed by atoms with Crippen molar-refractivity contribution in [3.05, 3.63) is 57.0 Å². The van der Waals surface area contributed by atoms with Crippen LogP contribution in [0.1, 0.15) is 34.7 Å². The Morgan fingerprint density at radius 2 is 2.16 bits per heavy atom. The van der Waals surface area contributed by atoms with Crippen LogP contribution >= 0.6 is 11.3 Å². The Morgan fingerprint density at radius 1 is 1.36 bits per heavy atom. The molecule has 1 atom stereocenters. The van der Waals surface area contributed by atoms with Crippen molar-refractivity contribution in [3.8, 4) is 6.07 Å². The number of hydrogen-bond donors (Lipinski definition) is 2. The highest BCUT2D eigenvalue weighted by Gasteiger charge is 2.09. The third-order valence-electron chi connectivity index (χ3n) is 3.61. The van der Waals surface area contributed by atoms with Crippen molar-refractivity contribution < 1.29 is 4.39 Å². The highest BCUT2D eigenvalue weighted by atomic mass is 32.1. The van der Waals surface area contributed by atoms with Gasteiger partial charge in [-0.25, -0.2) is 9.38 Å². The topological polar surface area (TPSA) is 60.2 Å². The summed E-state index contributed by atoms with van der Waals surface area (Å²) >= 11 is 1.79. The minimum atomic E-state index is -0.347. The molecule has 2 N–H and O–H groups in total. The Balaban J connectivity index is 2.03. The fourth-order valence-electron chi connectivity index (χ4n) is 2.43. The highest BCUT2D eigenvalue weighted by molar-refractivity contribution is 7.11. The second-order valence-corrected chi connectivity index (χ2v) is 7.25. The van der Waals surface area contributed by atoms with Crippen LogP contribution in [0.25, 0.3) is 0 Å². The van der Waals surface area contributed by atoms with Gasteiger partial charge in [-0.15, -0.1) is 11.3 Å². The number of nitrogens with one attached hydrogen (secondary N) is 2. The molecule has 1 aromatic heterocycles. The summed E-state index contributed by atoms with van der Waals surface area (Å²) < 4.78 is 13.9. The first-order valence-corrected chi connectivity index (χ1v) is 9.12. The fraction of sp³-hybridized carbons (Fsp3) is 0.368. The van der Waals surface area contributed by atoms with Crippen molar-refractivity contribution in [1.82, 2.24) is 10.6 Å². The standard InChI is InChI=1S/C19H23FN4S/c1-4-22-19(24-13(2)9-17-7-5-14(3)25-17)23-12-16-10-15(11-21)6-8-18(16)20/h5-8,10,13H,4,9,12H2,1-3H3,(H2,22,23,24). The summed E-state index contributed by atoms with van der Waals surface area (Å²) in [5, 5.41) is 15.5. The molecule has 0 fully saturated rings. The maximum atomic E-state index is 13.9. The molecule has 0 amide bonds. The maximum Gasteiger partial charge on any atom is 0.191 e. The van der Waals surface area contributed by atoms with Crippen LogP contribution < -0.4 is 10.6 Å². The minimum Gasteiger partial charge on any atom is -0.357 e. The molecule has 0 bridgehead atoms. The second-order valence-electron chi connectivity index (χ2n) is 5.88. The zero-order chi connectivity index (χ0) is 18.2. The molecule has 25 heavy (non-hydrogen) atoms. The van der Waals surface area contributed by atoms with E-state index in [1.165, 1.54) is 21.9 Å². The third kappa shape index (κ3) is 5.87. The maximum absolute atomic E-state index is 13.9. The molecule has 132 valence electrons. The van der Waals surface area contributed by atoms with Gasteiger partial charge in [-0.1, -0.05) is 0 Å². The van der Waals surface area contributed by atoms with Crippen molar-refractivity contribution in [1.29, 1.82) is 5.26 Å². The van der Waals surface area contributed by atoms with Crippen LogP contribution in [0.15, 0.2) is 35.3 Å². The second kappa shape index (κ2) is 9.19. The van der Waals surface area contributed by atoms with E-state index in [1.807, 2.05) is 13.0 Å². The summed E-state index contributed by atoms with van der Waals surface area (Å²) in [4.78, 5) is 7.08. The van der Waals surface area contributed by atoms with Crippen LogP contribution in [0, 0.1) is 24.1 Å². The van der Waals surface area contributed by atoms with Gasteiger partial charge >= 0.3 is 0 Å². The smallest absolute Gasteiger partial charge is 0.191 e. The zero-order valence-electron chi connectivity index (χ0n) is 14.8. The van der Waals surface area contributed by atoms with Gasteiger partial charge in [0.2, 0.25) is 0 Å². The van der Waals surface area contributed by atoms with Crippen molar-refractivity contribution in [3.63, 3.8) is 0 Å². The zero-order valence-corrected chi connectivity index (χ0v) is 15.6. The number of nitriles is 1. The van der Waals surface area contributed by atoms with Gasteiger partial charge in [0, 0.05) is 34.3 Å². The number of hydrogen-bond acceptors (Lipinski definition) is 3. The molecule has 0 aliphatic carbocycles. The molecule has 1 unspecified atom stereocenters. The van der Waals surface area contributed by atoms with Crippen LogP contribution in [-0.2, 0) is 13.0 Å². The fourth-order valence-corrected chi connectivity index (χ4v) is 3.45. The van der Waals surface area contributed by atoms with E-state index in [0.717, 1.165) is 13.0 Å². The van der Waals surface area contributed by atoms with Gasteiger partial charge in [-0.3, -0.25) is 0 Å². The van der Waals surface area contributed by atoms with Gasteiger partial charge < -0.3 is 10.6 Å². The lowest BCUT2D eigenvalue weighted by molar-refractivity contribution is 0.608. The highest BCUT2D eigenvalue weighted by Crippen LogP contribution is 2.16. The largest absolute Gasteiger partial charge is 0.357 e. The number of guanidine groups is 1. The average Bonchev–Trinajstić information content (AvgIpc) is 2.98. The Bertz CT molecular complexity index is 776. The van der Waals surface area contributed by atoms with Crippen molar-refractivity contribution in [2.45, 2.75) is 39.8 Å². The molecule has 0 saturated carbocycles. The quantitative estimate of drug-likeness (QED) is 0.611. The third-order valence-corrected chi connectivity index (χ3v) is 4.64. The number of nitrogens with zero attached hydrogens (tertiary/aromatic N) is 2. The molecular weight excluding hydrogens is 335 g/mol. The summed E-state index contributed by atoms with van der Waals surface area (Å²) in [6.45, 7) is 7.08. The van der Waals surface area contributed by atoms with E-state index in [0.29, 0.717) is 17.1 Å². The van der Waals surface area contributed by atoms with Crippen molar-refractivity contribution in [2.75, 3.05) is 6.54 Å². The first-order valence-electron chi connectivity index (χ1n) is 8.30. The van der Waals surface area contributed by atoms with E-state index in [1.54, 1.807) is 17.4 Å². The molecule has 0 saturated heterocycles. The Kier molecular flexibility index (Phi) is 6.96. The molecule has 0 aliphatic rings. The summed E-state index contributed by atoms with van der Waals surface area (Å²) in [6, 6.07) is 10.8. The summed E-state index contributed by atoms with van der Waals surface area (Å²) in [5.74, 6) is 0.297. The van der Waals surface area contributed by atoms with Crippen molar-refractivity contribution in [2.24, 2.45) is 4.99 Å². The normalized spacial score (nSPS) is 12.5. The first-order chi connectivity index (χ1) is 12.0. The van der Waals surface area contributed by atoms with Gasteiger partial charge in [0.15, 0.2) is 5.96 Å². The van der Waals surface area contributed by atoms with Crippen LogP contribution in [0.2, 0.25) is 0 Å². The molecule has 6 heteroatoms. The summed E-state index contributed by atoms with van der Waals surface area (Å²) in [7, 11) is 0. The van der Waals surface area contributed by atoms with Gasteiger partial charge in [-0.05, 0) is 51.1 Å². The van der Waals surface area contributed by atoms with Crippen LogP contribution in [-0.4, -0.2) is 18.5 Å². The molecule has 2 rings (SSSR count). The number of aryl methyl sites for hydroxylation is 1. The molecule has 1 aromatic carbocycles. The average molecular weight is 358 g/mol. The molecule has 0 aliphatic heterocycles. The Morgan fingerprint density at radius 3 is 2.80 bits per heavy atom. The predicted octanol–water partition coefficient (Wildman–Crippen LogP) is 3.75. The molecule has 4 nitrogen and oxygen atoms in total. The van der Waals surface area contributed by atoms with Crippen LogP contribution in [0.4, 0.5) is 4.39 Å². The number of benzene rings is 1. The molecular formula is C19H23FN4S. The van der Waals surface area contributed by atoms with E-state index in [-0.39, 0.29) is 18.4 Å². The first kappa shape index (κ1) is 18.9. The summed E-state index contributed by atoms with van der Waals surface area (Å²) in [5.41, 5.74) is 0.851. The predicted molar refractivity (Wildman–Crippen MR) is 101 cm³/mol. The lowest BCUT2D eigenvalue weighted by atomic mass is 10.1. The van der Waals surface area contributed by atoms with Gasteiger partial charge in [0.1, 0.15) is 5.82 Å². The van der Waals surface area contributed by atoms with E-state index in [9.17, 15) is 4.39 Å². The molecule has 2 aromatic rings. The van der Waals surface area contributed by atoms with E-state index in [4.69, 9.17) is 5.26 Å². The lowest BCUT2D eigenvalue weighted by Gasteiger charge is -2.17. The van der Waals surface area contributed by atoms with Gasteiger partial charge in [0.05, 0.1) is 18.2 Å². The van der Waals surface area contributed by atoms with Crippen LogP contribution in [0.5, 0.6) is 0 Å². The van der Waals surface area contributed by atoms with E-state index in [2.05, 4.69) is 41.6 Å². The Labute approximate surface area is 152 Å². The number of halogens is 1. The van der Waals surface area contributed by atoms with Gasteiger partial charge in [-0.2, -0.15) is 5.26 Å². The number of thiophene rings is 1. The molecule has 1 heterocycles. The number of aliphatic imine (C=N–C) groups is 1.